The highest BCUT2D eigenvalue weighted by Gasteiger charge is 2.58. The molecule has 3 aliphatic rings. The lowest BCUT2D eigenvalue weighted by Crippen LogP contribution is -2.53. The first-order valence-corrected chi connectivity index (χ1v) is 7.82. The monoisotopic (exact) mass is 292 g/mol. The summed E-state index contributed by atoms with van der Waals surface area (Å²) in [5.41, 5.74) is 1.92. The van der Waals surface area contributed by atoms with Gasteiger partial charge in [0.2, 0.25) is 0 Å². The highest BCUT2D eigenvalue weighted by molar-refractivity contribution is 5.92. The van der Waals surface area contributed by atoms with Crippen molar-refractivity contribution in [3.05, 3.63) is 11.1 Å². The Hall–Kier alpha value is -1.32. The molecule has 4 nitrogen and oxygen atoms in total. The van der Waals surface area contributed by atoms with Gasteiger partial charge in [-0.05, 0) is 29.2 Å². The molecule has 3 atom stereocenters. The number of rotatable bonds is 1. The number of esters is 2. The van der Waals surface area contributed by atoms with Crippen molar-refractivity contribution in [2.24, 2.45) is 16.7 Å². The third-order valence-corrected chi connectivity index (χ3v) is 5.79. The van der Waals surface area contributed by atoms with Crippen LogP contribution in [0.15, 0.2) is 11.1 Å². The van der Waals surface area contributed by atoms with Crippen LogP contribution in [0.2, 0.25) is 0 Å². The zero-order valence-electron chi connectivity index (χ0n) is 13.3. The molecular formula is C17H24O4. The summed E-state index contributed by atoms with van der Waals surface area (Å²) in [6.45, 7) is 8.61. The summed E-state index contributed by atoms with van der Waals surface area (Å²) >= 11 is 0. The standard InChI is InChI=1S/C17H24O4/c1-10(18)21-13-8-11-12(9-20-15(11)19)17(4)7-5-6-16(2,3)14(13)17/h13-14H,5-9H2,1-4H3/t13-,14?,17-/m1/s1. The third kappa shape index (κ3) is 2.11. The number of fused-ring (bicyclic) bond motifs is 2. The second-order valence-electron chi connectivity index (χ2n) is 7.62. The minimum Gasteiger partial charge on any atom is -0.462 e. The fraction of sp³-hybridized carbons (Fsp3) is 0.765. The summed E-state index contributed by atoms with van der Waals surface area (Å²) < 4.78 is 10.9. The Bertz CT molecular complexity index is 531. The molecule has 0 aromatic carbocycles. The Balaban J connectivity index is 2.09. The molecule has 2 aliphatic carbocycles. The molecule has 4 heteroatoms. The molecule has 0 amide bonds. The molecule has 1 fully saturated rings. The smallest absolute Gasteiger partial charge is 0.334 e. The van der Waals surface area contributed by atoms with E-state index in [1.807, 2.05) is 0 Å². The highest BCUT2D eigenvalue weighted by Crippen LogP contribution is 2.61. The van der Waals surface area contributed by atoms with Gasteiger partial charge in [0.1, 0.15) is 12.7 Å². The average molecular weight is 292 g/mol. The third-order valence-electron chi connectivity index (χ3n) is 5.79. The van der Waals surface area contributed by atoms with Crippen molar-refractivity contribution >= 4 is 11.9 Å². The van der Waals surface area contributed by atoms with Crippen LogP contribution in [-0.2, 0) is 19.1 Å². The van der Waals surface area contributed by atoms with Crippen LogP contribution in [0.5, 0.6) is 0 Å². The summed E-state index contributed by atoms with van der Waals surface area (Å²) in [5, 5.41) is 0. The lowest BCUT2D eigenvalue weighted by atomic mass is 9.49. The Morgan fingerprint density at radius 3 is 2.67 bits per heavy atom. The van der Waals surface area contributed by atoms with Crippen LogP contribution in [0.25, 0.3) is 0 Å². The van der Waals surface area contributed by atoms with Gasteiger partial charge in [0, 0.05) is 24.8 Å². The van der Waals surface area contributed by atoms with E-state index in [0.717, 1.165) is 30.4 Å². The van der Waals surface area contributed by atoms with Crippen molar-refractivity contribution < 1.29 is 19.1 Å². The largest absolute Gasteiger partial charge is 0.462 e. The Morgan fingerprint density at radius 2 is 2.00 bits per heavy atom. The van der Waals surface area contributed by atoms with E-state index < -0.39 is 0 Å². The van der Waals surface area contributed by atoms with Crippen LogP contribution in [0.4, 0.5) is 0 Å². The summed E-state index contributed by atoms with van der Waals surface area (Å²) in [6.07, 6.45) is 3.60. The molecule has 0 aromatic heterocycles. The van der Waals surface area contributed by atoms with Crippen LogP contribution in [-0.4, -0.2) is 24.6 Å². The number of cyclic esters (lactones) is 1. The van der Waals surface area contributed by atoms with Crippen LogP contribution in [0, 0.1) is 16.7 Å². The van der Waals surface area contributed by atoms with Crippen molar-refractivity contribution in [2.75, 3.05) is 6.61 Å². The topological polar surface area (TPSA) is 52.6 Å². The Labute approximate surface area is 125 Å². The second kappa shape index (κ2) is 4.59. The molecule has 0 spiro atoms. The van der Waals surface area contributed by atoms with Gasteiger partial charge >= 0.3 is 11.9 Å². The first-order chi connectivity index (χ1) is 9.75. The molecule has 3 rings (SSSR count). The molecule has 0 aromatic rings. The molecule has 0 saturated heterocycles. The molecule has 0 N–H and O–H groups in total. The lowest BCUT2D eigenvalue weighted by molar-refractivity contribution is -0.160. The van der Waals surface area contributed by atoms with E-state index in [4.69, 9.17) is 9.47 Å². The van der Waals surface area contributed by atoms with Crippen molar-refractivity contribution in [3.8, 4) is 0 Å². The van der Waals surface area contributed by atoms with Crippen molar-refractivity contribution in [1.82, 2.24) is 0 Å². The van der Waals surface area contributed by atoms with Gasteiger partial charge in [0.05, 0.1) is 0 Å². The summed E-state index contributed by atoms with van der Waals surface area (Å²) in [7, 11) is 0. The maximum atomic E-state index is 12.0. The van der Waals surface area contributed by atoms with Gasteiger partial charge in [-0.3, -0.25) is 4.79 Å². The summed E-state index contributed by atoms with van der Waals surface area (Å²) in [5.74, 6) is -0.236. The maximum Gasteiger partial charge on any atom is 0.334 e. The minimum atomic E-state index is -0.265. The minimum absolute atomic E-state index is 0.0945. The average Bonchev–Trinajstić information content (AvgIpc) is 2.69. The molecule has 1 unspecified atom stereocenters. The Morgan fingerprint density at radius 1 is 1.29 bits per heavy atom. The van der Waals surface area contributed by atoms with Gasteiger partial charge in [0.25, 0.3) is 0 Å². The number of carbonyl (C=O) groups is 2. The van der Waals surface area contributed by atoms with E-state index in [1.165, 1.54) is 6.92 Å². The summed E-state index contributed by atoms with van der Waals surface area (Å²) in [4.78, 5) is 23.5. The SMILES string of the molecule is CC(=O)O[C@@H]1CC2=C(COC2=O)[C@@]2(C)CCCC(C)(C)C12. The van der Waals surface area contributed by atoms with E-state index in [9.17, 15) is 9.59 Å². The quantitative estimate of drug-likeness (QED) is 0.697. The second-order valence-corrected chi connectivity index (χ2v) is 7.62. The summed E-state index contributed by atoms with van der Waals surface area (Å²) in [6, 6.07) is 0. The highest BCUT2D eigenvalue weighted by atomic mass is 16.5. The molecule has 0 radical (unpaired) electrons. The first kappa shape index (κ1) is 14.6. The molecule has 1 heterocycles. The first-order valence-electron chi connectivity index (χ1n) is 7.82. The fourth-order valence-electron chi connectivity index (χ4n) is 5.13. The lowest BCUT2D eigenvalue weighted by Gasteiger charge is -2.56. The van der Waals surface area contributed by atoms with Crippen molar-refractivity contribution in [2.45, 2.75) is 59.5 Å². The van der Waals surface area contributed by atoms with Crippen molar-refractivity contribution in [3.63, 3.8) is 0 Å². The molecule has 0 bridgehead atoms. The van der Waals surface area contributed by atoms with Gasteiger partial charge in [-0.2, -0.15) is 0 Å². The number of carbonyl (C=O) groups excluding carboxylic acids is 2. The van der Waals surface area contributed by atoms with E-state index in [2.05, 4.69) is 20.8 Å². The van der Waals surface area contributed by atoms with Crippen LogP contribution < -0.4 is 0 Å². The molecular weight excluding hydrogens is 268 g/mol. The van der Waals surface area contributed by atoms with Gasteiger partial charge in [-0.15, -0.1) is 0 Å². The molecule has 1 aliphatic heterocycles. The number of hydrogen-bond donors (Lipinski definition) is 0. The predicted molar refractivity (Wildman–Crippen MR) is 77.4 cm³/mol. The van der Waals surface area contributed by atoms with Crippen LogP contribution in [0.3, 0.4) is 0 Å². The molecule has 21 heavy (non-hydrogen) atoms. The van der Waals surface area contributed by atoms with Gasteiger partial charge in [-0.1, -0.05) is 27.2 Å². The van der Waals surface area contributed by atoms with E-state index in [0.29, 0.717) is 13.0 Å². The number of ether oxygens (including phenoxy) is 2. The fourth-order valence-corrected chi connectivity index (χ4v) is 5.13. The Kier molecular flexibility index (Phi) is 3.19. The van der Waals surface area contributed by atoms with Crippen LogP contribution >= 0.6 is 0 Å². The van der Waals surface area contributed by atoms with E-state index in [-0.39, 0.29) is 34.8 Å². The normalized spacial score (nSPS) is 37.6. The van der Waals surface area contributed by atoms with Crippen LogP contribution in [0.1, 0.15) is 53.4 Å². The van der Waals surface area contributed by atoms with Gasteiger partial charge < -0.3 is 9.47 Å². The molecule has 1 saturated carbocycles. The van der Waals surface area contributed by atoms with Gasteiger partial charge in [0.15, 0.2) is 0 Å². The van der Waals surface area contributed by atoms with Gasteiger partial charge in [-0.25, -0.2) is 4.79 Å². The maximum absolute atomic E-state index is 12.0. The zero-order valence-corrected chi connectivity index (χ0v) is 13.3. The molecule has 116 valence electrons. The van der Waals surface area contributed by atoms with E-state index >= 15 is 0 Å². The number of hydrogen-bond acceptors (Lipinski definition) is 4. The zero-order chi connectivity index (χ0) is 15.4. The predicted octanol–water partition coefficient (Wildman–Crippen LogP) is 3.01. The van der Waals surface area contributed by atoms with E-state index in [1.54, 1.807) is 0 Å². The van der Waals surface area contributed by atoms with Crippen molar-refractivity contribution in [1.29, 1.82) is 0 Å².